The molecule has 21 heavy (non-hydrogen) atoms. The number of thiophene rings is 1. The lowest BCUT2D eigenvalue weighted by Crippen LogP contribution is -2.03. The summed E-state index contributed by atoms with van der Waals surface area (Å²) in [6, 6.07) is 9.69. The molecule has 0 saturated heterocycles. The van der Waals surface area contributed by atoms with Gasteiger partial charge in [0.15, 0.2) is 0 Å². The molecule has 0 saturated carbocycles. The third-order valence-corrected chi connectivity index (χ3v) is 4.07. The molecule has 0 spiro atoms. The number of ether oxygens (including phenoxy) is 2. The van der Waals surface area contributed by atoms with Crippen molar-refractivity contribution in [2.45, 2.75) is 6.42 Å². The Morgan fingerprint density at radius 2 is 2.14 bits per heavy atom. The highest BCUT2D eigenvalue weighted by atomic mass is 32.1. The standard InChI is InChI=1S/C15H18N2O3S/c1-19-11-5-3-4-10(8-11)6-7-17-13-9-12(16)14(21-13)15(18)20-2/h3-5,8-9,17H,6-7,16H2,1-2H3. The first-order valence-corrected chi connectivity index (χ1v) is 7.30. The zero-order valence-electron chi connectivity index (χ0n) is 12.0. The second-order valence-corrected chi connectivity index (χ2v) is 5.47. The van der Waals surface area contributed by atoms with Crippen LogP contribution in [0.25, 0.3) is 0 Å². The van der Waals surface area contributed by atoms with Crippen LogP contribution < -0.4 is 15.8 Å². The fourth-order valence-corrected chi connectivity index (χ4v) is 2.83. The van der Waals surface area contributed by atoms with E-state index >= 15 is 0 Å². The molecule has 0 unspecified atom stereocenters. The minimum Gasteiger partial charge on any atom is -0.497 e. The topological polar surface area (TPSA) is 73.6 Å². The maximum absolute atomic E-state index is 11.5. The van der Waals surface area contributed by atoms with E-state index < -0.39 is 5.97 Å². The number of carbonyl (C=O) groups is 1. The van der Waals surface area contributed by atoms with Crippen molar-refractivity contribution >= 4 is 28.0 Å². The first kappa shape index (κ1) is 15.2. The highest BCUT2D eigenvalue weighted by Gasteiger charge is 2.14. The van der Waals surface area contributed by atoms with Gasteiger partial charge in [-0.1, -0.05) is 12.1 Å². The number of hydrogen-bond acceptors (Lipinski definition) is 6. The maximum Gasteiger partial charge on any atom is 0.350 e. The van der Waals surface area contributed by atoms with Gasteiger partial charge >= 0.3 is 5.97 Å². The van der Waals surface area contributed by atoms with Gasteiger partial charge in [-0.05, 0) is 30.2 Å². The first-order valence-electron chi connectivity index (χ1n) is 6.48. The van der Waals surface area contributed by atoms with Crippen LogP contribution in [-0.2, 0) is 11.2 Å². The van der Waals surface area contributed by atoms with Gasteiger partial charge in [0.2, 0.25) is 0 Å². The van der Waals surface area contributed by atoms with E-state index in [9.17, 15) is 4.79 Å². The molecule has 0 atom stereocenters. The molecule has 0 aliphatic rings. The van der Waals surface area contributed by atoms with Crippen LogP contribution in [0.1, 0.15) is 15.2 Å². The second-order valence-electron chi connectivity index (χ2n) is 4.42. The Hall–Kier alpha value is -2.21. The van der Waals surface area contributed by atoms with Gasteiger partial charge in [0.25, 0.3) is 0 Å². The lowest BCUT2D eigenvalue weighted by atomic mass is 10.1. The van der Waals surface area contributed by atoms with Gasteiger partial charge in [0, 0.05) is 6.54 Å². The molecule has 2 rings (SSSR count). The normalized spacial score (nSPS) is 10.2. The molecular weight excluding hydrogens is 288 g/mol. The number of benzene rings is 1. The molecule has 0 aliphatic carbocycles. The van der Waals surface area contributed by atoms with Gasteiger partial charge in [-0.2, -0.15) is 0 Å². The van der Waals surface area contributed by atoms with E-state index in [-0.39, 0.29) is 0 Å². The number of nitrogens with two attached hydrogens (primary N) is 1. The molecule has 0 fully saturated rings. The van der Waals surface area contributed by atoms with Crippen LogP contribution >= 0.6 is 11.3 Å². The number of anilines is 2. The molecule has 1 aromatic heterocycles. The average Bonchev–Trinajstić information content (AvgIpc) is 2.87. The smallest absolute Gasteiger partial charge is 0.350 e. The van der Waals surface area contributed by atoms with Crippen LogP contribution in [0, 0.1) is 0 Å². The van der Waals surface area contributed by atoms with Crippen LogP contribution in [0.5, 0.6) is 5.75 Å². The Morgan fingerprint density at radius 1 is 1.33 bits per heavy atom. The Labute approximate surface area is 127 Å². The molecule has 6 heteroatoms. The number of nitrogens with one attached hydrogen (secondary N) is 1. The van der Waals surface area contributed by atoms with Gasteiger partial charge in [-0.25, -0.2) is 4.79 Å². The summed E-state index contributed by atoms with van der Waals surface area (Å²) >= 11 is 1.30. The highest BCUT2D eigenvalue weighted by molar-refractivity contribution is 7.18. The van der Waals surface area contributed by atoms with E-state index in [4.69, 9.17) is 10.5 Å². The second kappa shape index (κ2) is 6.99. The summed E-state index contributed by atoms with van der Waals surface area (Å²) in [4.78, 5) is 11.9. The van der Waals surface area contributed by atoms with Crippen molar-refractivity contribution in [1.29, 1.82) is 0 Å². The van der Waals surface area contributed by atoms with E-state index in [1.165, 1.54) is 24.0 Å². The zero-order chi connectivity index (χ0) is 15.2. The summed E-state index contributed by atoms with van der Waals surface area (Å²) in [5, 5.41) is 4.12. The van der Waals surface area contributed by atoms with Gasteiger partial charge in [-0.3, -0.25) is 0 Å². The van der Waals surface area contributed by atoms with Crippen molar-refractivity contribution < 1.29 is 14.3 Å². The van der Waals surface area contributed by atoms with Crippen LogP contribution in [0.3, 0.4) is 0 Å². The monoisotopic (exact) mass is 306 g/mol. The summed E-state index contributed by atoms with van der Waals surface area (Å²) in [5.41, 5.74) is 7.41. The third-order valence-electron chi connectivity index (χ3n) is 2.98. The van der Waals surface area contributed by atoms with Crippen molar-refractivity contribution in [2.75, 3.05) is 31.8 Å². The zero-order valence-corrected chi connectivity index (χ0v) is 12.8. The minimum atomic E-state index is -0.404. The molecule has 2 aromatic rings. The van der Waals surface area contributed by atoms with Crippen molar-refractivity contribution in [3.63, 3.8) is 0 Å². The largest absolute Gasteiger partial charge is 0.497 e. The molecule has 112 valence electrons. The fraction of sp³-hybridized carbons (Fsp3) is 0.267. The molecule has 3 N–H and O–H groups in total. The van der Waals surface area contributed by atoms with Crippen LogP contribution in [0.4, 0.5) is 10.7 Å². The molecule has 0 amide bonds. The van der Waals surface area contributed by atoms with E-state index in [0.29, 0.717) is 10.6 Å². The third kappa shape index (κ3) is 3.88. The number of esters is 1. The average molecular weight is 306 g/mol. The minimum absolute atomic E-state index is 0.404. The van der Waals surface area contributed by atoms with Crippen molar-refractivity contribution in [1.82, 2.24) is 0 Å². The van der Waals surface area contributed by atoms with E-state index in [1.54, 1.807) is 13.2 Å². The summed E-state index contributed by atoms with van der Waals surface area (Å²) in [7, 11) is 3.00. The van der Waals surface area contributed by atoms with Crippen LogP contribution in [0.2, 0.25) is 0 Å². The summed E-state index contributed by atoms with van der Waals surface area (Å²) in [6.07, 6.45) is 0.850. The predicted molar refractivity (Wildman–Crippen MR) is 85.3 cm³/mol. The SMILES string of the molecule is COC(=O)c1sc(NCCc2cccc(OC)c2)cc1N. The quantitative estimate of drug-likeness (QED) is 0.803. The Kier molecular flexibility index (Phi) is 5.05. The van der Waals surface area contributed by atoms with E-state index in [1.807, 2.05) is 24.3 Å². The lowest BCUT2D eigenvalue weighted by molar-refractivity contribution is 0.0607. The fourth-order valence-electron chi connectivity index (χ4n) is 1.90. The maximum atomic E-state index is 11.5. The highest BCUT2D eigenvalue weighted by Crippen LogP contribution is 2.29. The summed E-state index contributed by atoms with van der Waals surface area (Å²) in [6.45, 7) is 0.744. The van der Waals surface area contributed by atoms with Gasteiger partial charge in [0.1, 0.15) is 10.6 Å². The molecule has 5 nitrogen and oxygen atoms in total. The van der Waals surface area contributed by atoms with Gasteiger partial charge in [-0.15, -0.1) is 11.3 Å². The lowest BCUT2D eigenvalue weighted by Gasteiger charge is -2.05. The number of methoxy groups -OCH3 is 2. The molecule has 1 aromatic carbocycles. The molecule has 0 radical (unpaired) electrons. The van der Waals surface area contributed by atoms with E-state index in [0.717, 1.165) is 23.7 Å². The molecular formula is C15H18N2O3S. The molecule has 0 aliphatic heterocycles. The van der Waals surface area contributed by atoms with Crippen molar-refractivity contribution in [3.8, 4) is 5.75 Å². The van der Waals surface area contributed by atoms with Crippen LogP contribution in [-0.4, -0.2) is 26.7 Å². The van der Waals surface area contributed by atoms with Crippen molar-refractivity contribution in [3.05, 3.63) is 40.8 Å². The van der Waals surface area contributed by atoms with Crippen LogP contribution in [0.15, 0.2) is 30.3 Å². The number of rotatable bonds is 6. The predicted octanol–water partition coefficient (Wildman–Crippen LogP) is 2.78. The Morgan fingerprint density at radius 3 is 2.86 bits per heavy atom. The molecule has 1 heterocycles. The Bertz CT molecular complexity index is 625. The summed E-state index contributed by atoms with van der Waals surface area (Å²) in [5.74, 6) is 0.444. The van der Waals surface area contributed by atoms with Crippen molar-refractivity contribution in [2.24, 2.45) is 0 Å². The number of hydrogen-bond donors (Lipinski definition) is 2. The molecule has 0 bridgehead atoms. The first-order chi connectivity index (χ1) is 10.1. The summed E-state index contributed by atoms with van der Waals surface area (Å²) < 4.78 is 9.87. The number of carbonyl (C=O) groups excluding carboxylic acids is 1. The number of nitrogen functional groups attached to an aromatic ring is 1. The van der Waals surface area contributed by atoms with Gasteiger partial charge < -0.3 is 20.5 Å². The van der Waals surface area contributed by atoms with Gasteiger partial charge in [0.05, 0.1) is 24.9 Å². The van der Waals surface area contributed by atoms with E-state index in [2.05, 4.69) is 10.1 Å². The Balaban J connectivity index is 1.93.